The predicted molar refractivity (Wildman–Crippen MR) is 160 cm³/mol. The molecule has 2 N–H and O–H groups in total. The Hall–Kier alpha value is -3.75. The van der Waals surface area contributed by atoms with Crippen LogP contribution in [0.15, 0.2) is 53.7 Å². The maximum absolute atomic E-state index is 13.7. The number of rotatable bonds is 7. The molecule has 8 heteroatoms. The fourth-order valence-corrected chi connectivity index (χ4v) is 6.14. The van der Waals surface area contributed by atoms with Gasteiger partial charge in [0.15, 0.2) is 0 Å². The molecule has 0 aliphatic carbocycles. The van der Waals surface area contributed by atoms with Gasteiger partial charge in [-0.05, 0) is 90.0 Å². The first-order valence-electron chi connectivity index (χ1n) is 14.1. The number of fused-ring (bicyclic) bond motifs is 1. The average Bonchev–Trinajstić information content (AvgIpc) is 3.36. The van der Waals surface area contributed by atoms with E-state index in [9.17, 15) is 9.59 Å². The molecule has 5 rings (SSSR count). The Kier molecular flexibility index (Phi) is 7.92. The number of carbonyl (C=O) groups excluding carboxylic acids is 1. The Morgan fingerprint density at radius 1 is 1.15 bits per heavy atom. The Morgan fingerprint density at radius 3 is 2.55 bits per heavy atom. The molecule has 0 bridgehead atoms. The van der Waals surface area contributed by atoms with Gasteiger partial charge in [0.05, 0.1) is 0 Å². The Labute approximate surface area is 236 Å². The van der Waals surface area contributed by atoms with Gasteiger partial charge in [0.2, 0.25) is 0 Å². The zero-order valence-electron chi connectivity index (χ0n) is 24.4. The van der Waals surface area contributed by atoms with Crippen LogP contribution < -0.4 is 10.9 Å². The molecular weight excluding hydrogens is 500 g/mol. The normalized spacial score (nSPS) is 15.6. The molecule has 1 saturated heterocycles. The molecule has 210 valence electrons. The number of aryl methyl sites for hydroxylation is 2. The monoisotopic (exact) mass is 540 g/mol. The zero-order chi connectivity index (χ0) is 28.6. The van der Waals surface area contributed by atoms with Crippen molar-refractivity contribution >= 4 is 11.4 Å². The molecule has 1 atom stereocenters. The van der Waals surface area contributed by atoms with E-state index in [-0.39, 0.29) is 24.1 Å². The van der Waals surface area contributed by atoms with Crippen molar-refractivity contribution in [3.8, 4) is 11.1 Å². The lowest BCUT2D eigenvalue weighted by atomic mass is 9.97. The topological polar surface area (TPSA) is 85.7 Å². The molecule has 0 radical (unpaired) electrons. The SMILES string of the molecule is Cc1cc(C)c(CNC(=O)c2cc3cc(-c4cccnc4)cn3c(C(C)N3CCC(N(C)C)CC3)c2C)c(=O)[nH]1. The van der Waals surface area contributed by atoms with Crippen molar-refractivity contribution in [3.05, 3.63) is 92.9 Å². The lowest BCUT2D eigenvalue weighted by Gasteiger charge is -2.39. The van der Waals surface area contributed by atoms with Gasteiger partial charge in [0, 0.05) is 89.5 Å². The highest BCUT2D eigenvalue weighted by Crippen LogP contribution is 2.33. The van der Waals surface area contributed by atoms with Crippen LogP contribution in [0.3, 0.4) is 0 Å². The summed E-state index contributed by atoms with van der Waals surface area (Å²) in [5.41, 5.74) is 7.87. The number of aromatic amines is 1. The van der Waals surface area contributed by atoms with E-state index in [4.69, 9.17) is 0 Å². The summed E-state index contributed by atoms with van der Waals surface area (Å²) in [5.74, 6) is -0.178. The lowest BCUT2D eigenvalue weighted by molar-refractivity contribution is 0.0948. The third-order valence-corrected chi connectivity index (χ3v) is 8.52. The average molecular weight is 541 g/mol. The van der Waals surface area contributed by atoms with E-state index in [1.807, 2.05) is 45.2 Å². The first kappa shape index (κ1) is 27.8. The van der Waals surface area contributed by atoms with E-state index in [0.29, 0.717) is 17.2 Å². The van der Waals surface area contributed by atoms with E-state index < -0.39 is 0 Å². The van der Waals surface area contributed by atoms with E-state index in [1.165, 1.54) is 0 Å². The second-order valence-electron chi connectivity index (χ2n) is 11.4. The van der Waals surface area contributed by atoms with E-state index in [0.717, 1.165) is 65.1 Å². The maximum atomic E-state index is 13.7. The van der Waals surface area contributed by atoms with Crippen LogP contribution in [0, 0.1) is 20.8 Å². The number of nitrogens with one attached hydrogen (secondary N) is 2. The summed E-state index contributed by atoms with van der Waals surface area (Å²) in [6.07, 6.45) is 8.05. The minimum atomic E-state index is -0.178. The standard InChI is InChI=1S/C32H40N6O2/c1-20-14-21(2)35-32(40)29(20)18-34-31(39)28-16-27-15-25(24-8-7-11-33-17-24)19-38(27)30(22(28)3)23(4)37-12-9-26(10-13-37)36(5)6/h7-8,11,14-17,19,23,26H,9-10,12-13,18H2,1-6H3,(H,34,39)(H,35,40). The second kappa shape index (κ2) is 11.4. The van der Waals surface area contributed by atoms with Crippen molar-refractivity contribution in [1.29, 1.82) is 0 Å². The lowest BCUT2D eigenvalue weighted by Crippen LogP contribution is -2.43. The molecule has 1 fully saturated rings. The minimum absolute atomic E-state index is 0.120. The molecule has 8 nitrogen and oxygen atoms in total. The molecule has 1 amide bonds. The molecule has 1 unspecified atom stereocenters. The summed E-state index contributed by atoms with van der Waals surface area (Å²) < 4.78 is 2.24. The van der Waals surface area contributed by atoms with Crippen molar-refractivity contribution in [2.75, 3.05) is 27.2 Å². The summed E-state index contributed by atoms with van der Waals surface area (Å²) in [4.78, 5) is 38.2. The molecule has 0 aromatic carbocycles. The molecule has 5 heterocycles. The predicted octanol–water partition coefficient (Wildman–Crippen LogP) is 4.63. The van der Waals surface area contributed by atoms with Gasteiger partial charge >= 0.3 is 0 Å². The molecule has 40 heavy (non-hydrogen) atoms. The summed E-state index contributed by atoms with van der Waals surface area (Å²) in [6, 6.07) is 10.7. The van der Waals surface area contributed by atoms with E-state index >= 15 is 0 Å². The van der Waals surface area contributed by atoms with Crippen LogP contribution in [-0.2, 0) is 6.54 Å². The van der Waals surface area contributed by atoms with Crippen molar-refractivity contribution in [1.82, 2.24) is 29.5 Å². The van der Waals surface area contributed by atoms with E-state index in [2.05, 4.69) is 68.8 Å². The third kappa shape index (κ3) is 5.46. The van der Waals surface area contributed by atoms with Crippen LogP contribution in [-0.4, -0.2) is 63.3 Å². The van der Waals surface area contributed by atoms with Crippen LogP contribution in [0.4, 0.5) is 0 Å². The highest BCUT2D eigenvalue weighted by Gasteiger charge is 2.28. The Balaban J connectivity index is 1.52. The number of pyridine rings is 3. The number of nitrogens with zero attached hydrogens (tertiary/aromatic N) is 4. The van der Waals surface area contributed by atoms with Crippen molar-refractivity contribution < 1.29 is 4.79 Å². The van der Waals surface area contributed by atoms with Gasteiger partial charge in [-0.3, -0.25) is 19.5 Å². The first-order chi connectivity index (χ1) is 19.1. The number of likely N-dealkylation sites (tertiary alicyclic amines) is 1. The van der Waals surface area contributed by atoms with Gasteiger partial charge in [-0.1, -0.05) is 6.07 Å². The Morgan fingerprint density at radius 2 is 1.90 bits per heavy atom. The minimum Gasteiger partial charge on any atom is -0.348 e. The molecule has 0 spiro atoms. The summed E-state index contributed by atoms with van der Waals surface area (Å²) in [7, 11) is 4.32. The summed E-state index contributed by atoms with van der Waals surface area (Å²) in [5, 5.41) is 3.03. The van der Waals surface area contributed by atoms with Gasteiger partial charge in [-0.2, -0.15) is 0 Å². The molecule has 1 aliphatic rings. The maximum Gasteiger partial charge on any atom is 0.253 e. The first-order valence-corrected chi connectivity index (χ1v) is 14.1. The van der Waals surface area contributed by atoms with Gasteiger partial charge in [0.1, 0.15) is 0 Å². The van der Waals surface area contributed by atoms with Crippen molar-refractivity contribution in [3.63, 3.8) is 0 Å². The largest absolute Gasteiger partial charge is 0.348 e. The highest BCUT2D eigenvalue weighted by molar-refractivity contribution is 5.97. The van der Waals surface area contributed by atoms with Crippen LogP contribution in [0.2, 0.25) is 0 Å². The third-order valence-electron chi connectivity index (χ3n) is 8.52. The number of hydrogen-bond acceptors (Lipinski definition) is 5. The fourth-order valence-electron chi connectivity index (χ4n) is 6.14. The number of carbonyl (C=O) groups is 1. The molecule has 4 aromatic heterocycles. The summed E-state index contributed by atoms with van der Waals surface area (Å²) >= 11 is 0. The van der Waals surface area contributed by atoms with Crippen LogP contribution >= 0.6 is 0 Å². The van der Waals surface area contributed by atoms with E-state index in [1.54, 1.807) is 6.20 Å². The van der Waals surface area contributed by atoms with Crippen LogP contribution in [0.25, 0.3) is 16.6 Å². The second-order valence-corrected chi connectivity index (χ2v) is 11.4. The smallest absolute Gasteiger partial charge is 0.253 e. The summed E-state index contributed by atoms with van der Waals surface area (Å²) in [6.45, 7) is 10.2. The van der Waals surface area contributed by atoms with Gasteiger partial charge in [0.25, 0.3) is 11.5 Å². The molecular formula is C32H40N6O2. The molecule has 4 aromatic rings. The van der Waals surface area contributed by atoms with Crippen LogP contribution in [0.1, 0.15) is 64.2 Å². The zero-order valence-corrected chi connectivity index (χ0v) is 24.4. The van der Waals surface area contributed by atoms with Crippen molar-refractivity contribution in [2.45, 2.75) is 59.2 Å². The number of hydrogen-bond donors (Lipinski definition) is 2. The van der Waals surface area contributed by atoms with Gasteiger partial charge in [-0.15, -0.1) is 0 Å². The quantitative estimate of drug-likeness (QED) is 0.357. The Bertz CT molecular complexity index is 1580. The number of amides is 1. The van der Waals surface area contributed by atoms with Gasteiger partial charge < -0.3 is 19.6 Å². The van der Waals surface area contributed by atoms with Gasteiger partial charge in [-0.25, -0.2) is 0 Å². The van der Waals surface area contributed by atoms with Crippen LogP contribution in [0.5, 0.6) is 0 Å². The fraction of sp³-hybridized carbons (Fsp3) is 0.406. The van der Waals surface area contributed by atoms with Crippen molar-refractivity contribution in [2.24, 2.45) is 0 Å². The molecule has 0 saturated carbocycles. The number of piperidine rings is 1. The number of H-pyrrole nitrogens is 1. The molecule has 1 aliphatic heterocycles. The highest BCUT2D eigenvalue weighted by atomic mass is 16.1. The number of aromatic nitrogens is 3.